The van der Waals surface area contributed by atoms with Crippen LogP contribution in [0.15, 0.2) is 0 Å². The zero-order chi connectivity index (χ0) is 67.0. The average Bonchev–Trinajstić information content (AvgIpc) is 0.807. The van der Waals surface area contributed by atoms with Gasteiger partial charge in [-0.25, -0.2) is 0 Å². The van der Waals surface area contributed by atoms with E-state index in [0.29, 0.717) is 25.7 Å². The molecule has 2 saturated carbocycles. The topological polar surface area (TPSA) is 488 Å². The Hall–Kier alpha value is -1.03. The van der Waals surface area contributed by atoms with Gasteiger partial charge in [0.05, 0.1) is 31.5 Å². The second kappa shape index (κ2) is 44.7. The number of rotatable bonds is 50. The van der Waals surface area contributed by atoms with Gasteiger partial charge in [-0.1, -0.05) is 213 Å². The zero-order valence-electron chi connectivity index (χ0n) is 53.0. The molecule has 30 heteroatoms. The summed E-state index contributed by atoms with van der Waals surface area (Å²) in [5, 5.41) is 173. The first kappa shape index (κ1) is 83.2. The van der Waals surface area contributed by atoms with Gasteiger partial charge in [0.2, 0.25) is 0 Å². The molecule has 90 heavy (non-hydrogen) atoms. The second-order valence-corrected chi connectivity index (χ2v) is 27.9. The summed E-state index contributed by atoms with van der Waals surface area (Å²) in [4.78, 5) is 40.0. The molecule has 0 aromatic carbocycles. The maximum Gasteiger partial charge on any atom is 0.268 e. The van der Waals surface area contributed by atoms with Crippen molar-refractivity contribution in [2.45, 2.75) is 360 Å². The number of hydrogen-bond donors (Lipinski definition) is 17. The van der Waals surface area contributed by atoms with E-state index >= 15 is 0 Å². The van der Waals surface area contributed by atoms with Gasteiger partial charge in [0, 0.05) is 0 Å². The van der Waals surface area contributed by atoms with E-state index in [9.17, 15) is 105 Å². The average molecular weight is 1340 g/mol. The molecule has 17 N–H and O–H groups in total. The van der Waals surface area contributed by atoms with Crippen LogP contribution in [0.1, 0.15) is 226 Å². The molecule has 3 aliphatic rings. The first-order valence-corrected chi connectivity index (χ1v) is 36.4. The molecule has 0 bridgehead atoms. The molecule has 28 nitrogen and oxygen atoms in total. The molecule has 1 saturated heterocycles. The van der Waals surface area contributed by atoms with Crippen molar-refractivity contribution in [3.63, 3.8) is 0 Å². The Bertz CT molecular complexity index is 1960. The van der Waals surface area contributed by atoms with Crippen molar-refractivity contribution in [3.8, 4) is 0 Å². The minimum atomic E-state index is -6.00. The number of phosphoric acid groups is 2. The third kappa shape index (κ3) is 29.4. The summed E-state index contributed by atoms with van der Waals surface area (Å²) in [5.41, 5.74) is 0. The number of aliphatic hydroxyl groups excluding tert-OH is 16. The van der Waals surface area contributed by atoms with Gasteiger partial charge in [-0.3, -0.25) is 13.9 Å². The van der Waals surface area contributed by atoms with E-state index in [1.807, 2.05) is 0 Å². The van der Waals surface area contributed by atoms with Crippen LogP contribution < -0.4 is 15.1 Å². The predicted molar refractivity (Wildman–Crippen MR) is 322 cm³/mol. The molecule has 3 fully saturated rings. The Kier molecular flexibility index (Phi) is 41.3. The molecule has 0 radical (unpaired) electrons. The van der Waals surface area contributed by atoms with Crippen LogP contribution in [0, 0.1) is 0 Å². The van der Waals surface area contributed by atoms with Crippen LogP contribution in [0.25, 0.3) is 0 Å². The maximum absolute atomic E-state index is 13.7. The zero-order valence-corrected chi connectivity index (χ0v) is 54.8. The number of ether oxygens (including phenoxy) is 2. The number of aliphatic hydroxyl groups is 16. The highest BCUT2D eigenvalue weighted by Gasteiger charge is 2.55. The van der Waals surface area contributed by atoms with Crippen LogP contribution in [0.2, 0.25) is 0 Å². The van der Waals surface area contributed by atoms with Gasteiger partial charge in [-0.15, -0.1) is 0 Å². The van der Waals surface area contributed by atoms with Gasteiger partial charge in [0.15, 0.2) is 12.4 Å². The van der Waals surface area contributed by atoms with Crippen molar-refractivity contribution in [2.24, 2.45) is 0 Å². The van der Waals surface area contributed by atoms with E-state index in [4.69, 9.17) is 18.5 Å². The van der Waals surface area contributed by atoms with Crippen molar-refractivity contribution >= 4 is 21.6 Å². The number of nitrogens with one attached hydrogen (secondary N) is 1. The van der Waals surface area contributed by atoms with E-state index in [2.05, 4.69) is 28.2 Å². The molecule has 5 unspecified atom stereocenters. The molecule has 1 amide bonds. The molecule has 0 spiro atoms. The summed E-state index contributed by atoms with van der Waals surface area (Å²) in [6.45, 7) is 1.79. The van der Waals surface area contributed by atoms with Crippen LogP contribution in [0.5, 0.6) is 0 Å². The molecule has 24 atom stereocenters. The van der Waals surface area contributed by atoms with Crippen molar-refractivity contribution in [2.75, 3.05) is 13.2 Å². The lowest BCUT2D eigenvalue weighted by molar-refractivity contribution is -0.342. The monoisotopic (exact) mass is 1340 g/mol. The molecule has 0 aromatic heterocycles. The lowest BCUT2D eigenvalue weighted by Crippen LogP contribution is -2.67. The minimum Gasteiger partial charge on any atom is -0.756 e. The molecule has 534 valence electrons. The molecule has 0 aromatic rings. The van der Waals surface area contributed by atoms with Crippen LogP contribution in [0.3, 0.4) is 0 Å². The van der Waals surface area contributed by atoms with Gasteiger partial charge in [-0.2, -0.15) is 0 Å². The van der Waals surface area contributed by atoms with Crippen molar-refractivity contribution in [1.29, 1.82) is 0 Å². The Labute approximate surface area is 531 Å². The predicted octanol–water partition coefficient (Wildman–Crippen LogP) is 1.04. The molecular formula is C60H115NO27P2-2. The van der Waals surface area contributed by atoms with Gasteiger partial charge in [0.1, 0.15) is 104 Å². The van der Waals surface area contributed by atoms with E-state index in [-0.39, 0.29) is 12.8 Å². The molecule has 2 aliphatic carbocycles. The van der Waals surface area contributed by atoms with Crippen molar-refractivity contribution < 1.29 is 133 Å². The number of unbranched alkanes of at least 4 members (excludes halogenated alkanes) is 29. The molecular weight excluding hydrogens is 1230 g/mol. The van der Waals surface area contributed by atoms with Crippen LogP contribution in [0.4, 0.5) is 0 Å². The maximum atomic E-state index is 13.7. The highest BCUT2D eigenvalue weighted by atomic mass is 31.2. The smallest absolute Gasteiger partial charge is 0.268 e. The number of carbonyl (C=O) groups excluding carboxylic acids is 1. The largest absolute Gasteiger partial charge is 0.756 e. The second-order valence-electron chi connectivity index (χ2n) is 25.2. The van der Waals surface area contributed by atoms with E-state index in [0.717, 1.165) is 57.8 Å². The molecule has 1 heterocycles. The minimum absolute atomic E-state index is 0.0135. The molecule has 1 aliphatic heterocycles. The summed E-state index contributed by atoms with van der Waals surface area (Å²) in [6, 6.07) is -1.86. The van der Waals surface area contributed by atoms with Gasteiger partial charge in [0.25, 0.3) is 21.6 Å². The van der Waals surface area contributed by atoms with Gasteiger partial charge < -0.3 is 124 Å². The fourth-order valence-corrected chi connectivity index (χ4v) is 13.6. The van der Waals surface area contributed by atoms with Crippen molar-refractivity contribution in [3.05, 3.63) is 0 Å². The van der Waals surface area contributed by atoms with Gasteiger partial charge >= 0.3 is 0 Å². The van der Waals surface area contributed by atoms with Crippen LogP contribution in [-0.4, -0.2) is 235 Å². The first-order valence-electron chi connectivity index (χ1n) is 33.5. The summed E-state index contributed by atoms with van der Waals surface area (Å²) >= 11 is 0. The number of amides is 1. The fourth-order valence-electron chi connectivity index (χ4n) is 11.7. The quantitative estimate of drug-likeness (QED) is 0.0299. The van der Waals surface area contributed by atoms with Crippen molar-refractivity contribution in [1.82, 2.24) is 5.32 Å². The van der Waals surface area contributed by atoms with E-state index in [1.165, 1.54) is 116 Å². The summed E-state index contributed by atoms with van der Waals surface area (Å²) in [5.74, 6) is -1.27. The SMILES string of the molecule is CCCCCCCCCCCCCCCCCCCCC[C@@H](O)[C@H](O)C(=O)N[C@@H](COP(=O)([O-])O[C@@H]1[C@H](O)[C@H](O)[C@@H](O)[C@H](O)[C@H]1OC1O[C@H](COP(=O)([O-])OC2[C@H](O)[C@H](O)C(O)[C@H](O)[C@H]2O)[C@@H](O)[C@H](O)[C@@H]1O)[C@H](O)[C@H](O)CCCCCCCCCCCCCC. The third-order valence-electron chi connectivity index (χ3n) is 17.6. The Morgan fingerprint density at radius 3 is 1.16 bits per heavy atom. The van der Waals surface area contributed by atoms with E-state index in [1.54, 1.807) is 0 Å². The highest BCUT2D eigenvalue weighted by Crippen LogP contribution is 2.46. The third-order valence-corrected chi connectivity index (χ3v) is 19.5. The number of carbonyl (C=O) groups is 1. The number of hydrogen-bond acceptors (Lipinski definition) is 27. The summed E-state index contributed by atoms with van der Waals surface area (Å²) in [6.07, 6.45) is -12.8. The van der Waals surface area contributed by atoms with E-state index < -0.39 is 169 Å². The summed E-state index contributed by atoms with van der Waals surface area (Å²) in [7, 11) is -11.8. The van der Waals surface area contributed by atoms with Crippen LogP contribution >= 0.6 is 15.6 Å². The summed E-state index contributed by atoms with van der Waals surface area (Å²) < 4.78 is 56.9. The Morgan fingerprint density at radius 2 is 0.744 bits per heavy atom. The highest BCUT2D eigenvalue weighted by molar-refractivity contribution is 7.46. The first-order chi connectivity index (χ1) is 42.7. The Morgan fingerprint density at radius 1 is 0.422 bits per heavy atom. The van der Waals surface area contributed by atoms with Crippen LogP contribution in [-0.2, 0) is 41.5 Å². The lowest BCUT2D eigenvalue weighted by Gasteiger charge is -2.48. The normalized spacial score (nSPS) is 32.2. The standard InChI is InChI=1S/C60H117NO27P2/c1-3-5-7-9-11-13-15-17-18-19-20-21-22-23-25-27-29-31-33-35-40(63)43(65)59(78)61-38(42(64)39(62)34-32-30-28-26-24-16-14-12-10-8-6-4-2)36-83-89(79,80)88-58-54(76)50(72)49(71)53(75)57(58)86-60-55(77)45(67)44(66)41(85-60)37-84-90(81,82)87-56-51(73)47(69)46(68)48(70)52(56)74/h38-58,60,62-77H,3-37H2,1-2H3,(H,61,78)(H,79,80)(H,81,82)/p-2/t38-,39+,40+,41+,42-,43-,44+,45-,46?,47-,48+,49+,50+,51+,52+,53-,54+,55-,56?,57+,58+,60?/m0/s1. The Balaban J connectivity index is 1.64. The fraction of sp³-hybridized carbons (Fsp3) is 0.983. The lowest BCUT2D eigenvalue weighted by atomic mass is 9.84. The van der Waals surface area contributed by atoms with Gasteiger partial charge in [-0.05, 0) is 12.8 Å². The number of phosphoric ester groups is 2. The molecule has 3 rings (SSSR count).